The zero-order chi connectivity index (χ0) is 15.0. The van der Waals surface area contributed by atoms with Crippen LogP contribution in [0.4, 0.5) is 0 Å². The molecule has 3 atom stereocenters. The van der Waals surface area contributed by atoms with Crippen molar-refractivity contribution >= 4 is 24.4 Å². The minimum atomic E-state index is -0.647. The Kier molecular flexibility index (Phi) is 5.02. The predicted molar refractivity (Wildman–Crippen MR) is 92.1 cm³/mol. The average molecular weight is 371 g/mol. The topological polar surface area (TPSA) is 15.7 Å². The third-order valence-corrected chi connectivity index (χ3v) is 7.69. The molecule has 21 heavy (non-hydrogen) atoms. The van der Waals surface area contributed by atoms with Gasteiger partial charge in [-0.15, -0.1) is 0 Å². The van der Waals surface area contributed by atoms with Crippen LogP contribution in [-0.2, 0) is 4.52 Å². The van der Waals surface area contributed by atoms with E-state index < -0.39 is 8.45 Å². The van der Waals surface area contributed by atoms with E-state index in [4.69, 9.17) is 4.52 Å². The van der Waals surface area contributed by atoms with Crippen LogP contribution in [0.15, 0.2) is 28.7 Å². The van der Waals surface area contributed by atoms with E-state index in [1.54, 1.807) is 0 Å². The van der Waals surface area contributed by atoms with Crippen molar-refractivity contribution < 1.29 is 4.52 Å². The van der Waals surface area contributed by atoms with E-state index in [1.807, 2.05) is 6.07 Å². The summed E-state index contributed by atoms with van der Waals surface area (Å²) in [6, 6.07) is 9.73. The van der Waals surface area contributed by atoms with Crippen LogP contribution in [0.5, 0.6) is 0 Å². The Morgan fingerprint density at radius 2 is 1.71 bits per heavy atom. The van der Waals surface area contributed by atoms with Gasteiger partial charge in [0, 0.05) is 16.6 Å². The molecule has 1 aliphatic heterocycles. The molecule has 3 rings (SSSR count). The maximum absolute atomic E-state index is 6.48. The third kappa shape index (κ3) is 3.07. The summed E-state index contributed by atoms with van der Waals surface area (Å²) in [5.74, 6) is 0. The van der Waals surface area contributed by atoms with Gasteiger partial charge in [-0.3, -0.25) is 0 Å². The van der Waals surface area contributed by atoms with Crippen molar-refractivity contribution in [3.05, 3.63) is 34.3 Å². The first-order chi connectivity index (χ1) is 10.1. The van der Waals surface area contributed by atoms with Gasteiger partial charge in [-0.2, -0.15) is 0 Å². The first kappa shape index (κ1) is 15.9. The molecule has 0 radical (unpaired) electrons. The van der Waals surface area contributed by atoms with Crippen LogP contribution in [0.1, 0.15) is 44.3 Å². The van der Waals surface area contributed by atoms with Crippen LogP contribution in [0.2, 0.25) is 0 Å². The van der Waals surface area contributed by atoms with Gasteiger partial charge in [0.15, 0.2) is 8.45 Å². The molecule has 2 fully saturated rings. The van der Waals surface area contributed by atoms with Gasteiger partial charge in [0.05, 0.1) is 6.10 Å². The highest BCUT2D eigenvalue weighted by atomic mass is 79.9. The second-order valence-electron chi connectivity index (χ2n) is 6.09. The van der Waals surface area contributed by atoms with E-state index in [0.29, 0.717) is 12.1 Å². The Morgan fingerprint density at radius 3 is 2.29 bits per heavy atom. The molecule has 2 aliphatic rings. The van der Waals surface area contributed by atoms with Crippen molar-refractivity contribution in [2.24, 2.45) is 0 Å². The lowest BCUT2D eigenvalue weighted by Gasteiger charge is -2.28. The second-order valence-corrected chi connectivity index (χ2v) is 8.92. The lowest BCUT2D eigenvalue weighted by Crippen LogP contribution is -2.37. The van der Waals surface area contributed by atoms with Crippen molar-refractivity contribution in [3.8, 4) is 0 Å². The molecule has 0 spiro atoms. The monoisotopic (exact) mass is 370 g/mol. The Balaban J connectivity index is 1.74. The van der Waals surface area contributed by atoms with Gasteiger partial charge in [-0.1, -0.05) is 47.0 Å². The fourth-order valence-corrected chi connectivity index (χ4v) is 6.38. The second kappa shape index (κ2) is 6.64. The van der Waals surface area contributed by atoms with E-state index in [2.05, 4.69) is 64.5 Å². The van der Waals surface area contributed by atoms with E-state index in [0.717, 1.165) is 4.47 Å². The average Bonchev–Trinajstić information content (AvgIpc) is 2.73. The summed E-state index contributed by atoms with van der Waals surface area (Å²) < 4.78 is 12.6. The maximum atomic E-state index is 6.48. The highest BCUT2D eigenvalue weighted by Crippen LogP contribution is 2.58. The molecular formula is C16H24BrN2OP. The first-order valence-electron chi connectivity index (χ1n) is 7.76. The molecule has 1 saturated carbocycles. The molecule has 0 unspecified atom stereocenters. The Bertz CT molecular complexity index is 483. The van der Waals surface area contributed by atoms with E-state index in [9.17, 15) is 0 Å². The fraction of sp³-hybridized carbons (Fsp3) is 0.625. The quantitative estimate of drug-likeness (QED) is 0.700. The molecule has 1 aliphatic carbocycles. The molecule has 0 aromatic heterocycles. The molecule has 0 N–H and O–H groups in total. The van der Waals surface area contributed by atoms with Gasteiger partial charge in [0.2, 0.25) is 0 Å². The SMILES string of the molecule is C[C@H](OP1N(C)[C@@H]2CCCC[C@H]2N1C)c1ccccc1Br. The van der Waals surface area contributed by atoms with Crippen LogP contribution >= 0.6 is 24.4 Å². The number of likely N-dealkylation sites (N-methyl/N-ethyl adjacent to an activating group) is 2. The van der Waals surface area contributed by atoms with Gasteiger partial charge in [-0.25, -0.2) is 9.34 Å². The molecule has 3 nitrogen and oxygen atoms in total. The number of hydrogen-bond donors (Lipinski definition) is 0. The lowest BCUT2D eigenvalue weighted by molar-refractivity contribution is 0.222. The third-order valence-electron chi connectivity index (χ3n) is 4.79. The van der Waals surface area contributed by atoms with Crippen molar-refractivity contribution in [2.45, 2.75) is 50.8 Å². The smallest absolute Gasteiger partial charge is 0.188 e. The Labute approximate surface area is 137 Å². The fourth-order valence-electron chi connectivity index (χ4n) is 3.59. The van der Waals surface area contributed by atoms with Crippen molar-refractivity contribution in [1.82, 2.24) is 9.34 Å². The molecule has 1 heterocycles. The summed E-state index contributed by atoms with van der Waals surface area (Å²) in [5.41, 5.74) is 1.23. The van der Waals surface area contributed by atoms with Crippen LogP contribution in [0.3, 0.4) is 0 Å². The number of nitrogens with zero attached hydrogens (tertiary/aromatic N) is 2. The normalized spacial score (nSPS) is 29.5. The zero-order valence-corrected chi connectivity index (χ0v) is 15.5. The van der Waals surface area contributed by atoms with Gasteiger partial charge in [-0.05, 0) is 45.5 Å². The summed E-state index contributed by atoms with van der Waals surface area (Å²) >= 11 is 3.64. The van der Waals surface area contributed by atoms with E-state index in [1.165, 1.54) is 31.2 Å². The molecule has 116 valence electrons. The summed E-state index contributed by atoms with van der Waals surface area (Å²) in [6.07, 6.45) is 5.47. The van der Waals surface area contributed by atoms with E-state index in [-0.39, 0.29) is 6.10 Å². The lowest BCUT2D eigenvalue weighted by atomic mass is 9.91. The molecular weight excluding hydrogens is 347 g/mol. The van der Waals surface area contributed by atoms with Crippen LogP contribution in [0, 0.1) is 0 Å². The Hall–Kier alpha value is 0.0100. The number of rotatable bonds is 3. The molecule has 0 bridgehead atoms. The standard InChI is InChI=1S/C16H24BrN2OP/c1-12(13-8-4-5-9-14(13)17)20-21-18(2)15-10-6-7-11-16(15)19(21)3/h4-5,8-9,12,15-16H,6-7,10-11H2,1-3H3/t12-,15+,16+/m0/s1. The van der Waals surface area contributed by atoms with Crippen molar-refractivity contribution in [2.75, 3.05) is 14.1 Å². The summed E-state index contributed by atoms with van der Waals surface area (Å²) in [4.78, 5) is 0. The largest absolute Gasteiger partial charge is 0.323 e. The van der Waals surface area contributed by atoms with Gasteiger partial charge in [0.25, 0.3) is 0 Å². The molecule has 0 amide bonds. The van der Waals surface area contributed by atoms with Crippen LogP contribution < -0.4 is 0 Å². The number of fused-ring (bicyclic) bond motifs is 1. The zero-order valence-electron chi connectivity index (χ0n) is 13.0. The Morgan fingerprint density at radius 1 is 1.14 bits per heavy atom. The molecule has 1 aromatic rings. The molecule has 1 saturated heterocycles. The highest BCUT2D eigenvalue weighted by Gasteiger charge is 2.46. The van der Waals surface area contributed by atoms with Crippen molar-refractivity contribution in [3.63, 3.8) is 0 Å². The number of benzene rings is 1. The van der Waals surface area contributed by atoms with E-state index >= 15 is 0 Å². The minimum Gasteiger partial charge on any atom is -0.323 e. The molecule has 5 heteroatoms. The van der Waals surface area contributed by atoms with Crippen LogP contribution in [-0.4, -0.2) is 35.5 Å². The summed E-state index contributed by atoms with van der Waals surface area (Å²) in [5, 5.41) is 0. The number of hydrogen-bond acceptors (Lipinski definition) is 3. The van der Waals surface area contributed by atoms with Gasteiger partial charge >= 0.3 is 0 Å². The van der Waals surface area contributed by atoms with Crippen LogP contribution in [0.25, 0.3) is 0 Å². The minimum absolute atomic E-state index is 0.108. The van der Waals surface area contributed by atoms with Crippen molar-refractivity contribution in [1.29, 1.82) is 0 Å². The van der Waals surface area contributed by atoms with Gasteiger partial charge < -0.3 is 4.52 Å². The first-order valence-corrected chi connectivity index (χ1v) is 9.72. The molecule has 1 aromatic carbocycles. The summed E-state index contributed by atoms with van der Waals surface area (Å²) in [6.45, 7) is 2.16. The maximum Gasteiger partial charge on any atom is 0.188 e. The number of halogens is 1. The predicted octanol–water partition coefficient (Wildman–Crippen LogP) is 4.94. The summed E-state index contributed by atoms with van der Waals surface area (Å²) in [7, 11) is 3.83. The highest BCUT2D eigenvalue weighted by molar-refractivity contribution is 9.10. The van der Waals surface area contributed by atoms with Gasteiger partial charge in [0.1, 0.15) is 0 Å².